The number of pyridine rings is 1. The van der Waals surface area contributed by atoms with Crippen molar-refractivity contribution in [3.05, 3.63) is 60.3 Å². The zero-order chi connectivity index (χ0) is 21.3. The molecule has 0 saturated carbocycles. The lowest BCUT2D eigenvalue weighted by atomic mass is 10.1. The minimum Gasteiger partial charge on any atom is -0.490 e. The second-order valence-electron chi connectivity index (χ2n) is 6.84. The second-order valence-corrected chi connectivity index (χ2v) is 6.84. The molecule has 2 aromatic heterocycles. The van der Waals surface area contributed by atoms with E-state index in [1.165, 1.54) is 17.2 Å². The van der Waals surface area contributed by atoms with Gasteiger partial charge in [-0.2, -0.15) is 5.10 Å². The Balaban J connectivity index is 1.69. The lowest BCUT2D eigenvalue weighted by Gasteiger charge is -2.18. The van der Waals surface area contributed by atoms with Crippen molar-refractivity contribution in [3.63, 3.8) is 0 Å². The number of rotatable bonds is 10. The van der Waals surface area contributed by atoms with Crippen molar-refractivity contribution in [1.29, 1.82) is 0 Å². The zero-order valence-electron chi connectivity index (χ0n) is 17.5. The van der Waals surface area contributed by atoms with Gasteiger partial charge in [0.2, 0.25) is 0 Å². The van der Waals surface area contributed by atoms with Gasteiger partial charge in [0.15, 0.2) is 17.3 Å². The maximum Gasteiger partial charge on any atom is 0.253 e. The standard InChI is InChI=1S/C22H27N5O3/c1-4-10-29-19-8-6-17(12-20(19)30-11-5-2)16(3)26-22(28)18-7-9-21(24-13-18)27-15-23-14-25-27/h6-9,12-16H,4-5,10-11H2,1-3H3,(H,26,28). The molecule has 8 heteroatoms. The molecule has 1 aromatic carbocycles. The second kappa shape index (κ2) is 10.4. The number of ether oxygens (including phenoxy) is 2. The summed E-state index contributed by atoms with van der Waals surface area (Å²) in [5.74, 6) is 1.81. The Morgan fingerprint density at radius 2 is 1.87 bits per heavy atom. The summed E-state index contributed by atoms with van der Waals surface area (Å²) < 4.78 is 13.2. The monoisotopic (exact) mass is 409 g/mol. The molecule has 0 bridgehead atoms. The van der Waals surface area contributed by atoms with Crippen molar-refractivity contribution in [3.8, 4) is 17.3 Å². The SMILES string of the molecule is CCCOc1ccc(C(C)NC(=O)c2ccc(-n3cncn3)nc2)cc1OCCC. The van der Waals surface area contributed by atoms with Crippen molar-refractivity contribution in [2.24, 2.45) is 0 Å². The molecule has 3 aromatic rings. The molecule has 0 aliphatic heterocycles. The van der Waals surface area contributed by atoms with Crippen LogP contribution in [-0.2, 0) is 0 Å². The molecule has 1 unspecified atom stereocenters. The van der Waals surface area contributed by atoms with Gasteiger partial charge in [0.05, 0.1) is 24.8 Å². The van der Waals surface area contributed by atoms with Crippen molar-refractivity contribution < 1.29 is 14.3 Å². The molecule has 30 heavy (non-hydrogen) atoms. The molecule has 0 aliphatic carbocycles. The van der Waals surface area contributed by atoms with Gasteiger partial charge in [-0.3, -0.25) is 4.79 Å². The van der Waals surface area contributed by atoms with E-state index in [0.29, 0.717) is 30.3 Å². The quantitative estimate of drug-likeness (QED) is 0.549. The largest absolute Gasteiger partial charge is 0.490 e. The topological polar surface area (TPSA) is 91.2 Å². The molecule has 158 valence electrons. The molecule has 1 N–H and O–H groups in total. The summed E-state index contributed by atoms with van der Waals surface area (Å²) in [5.41, 5.74) is 1.40. The average Bonchev–Trinajstić information content (AvgIpc) is 3.31. The summed E-state index contributed by atoms with van der Waals surface area (Å²) in [6, 6.07) is 9.00. The van der Waals surface area contributed by atoms with Crippen molar-refractivity contribution in [2.45, 2.75) is 39.7 Å². The highest BCUT2D eigenvalue weighted by atomic mass is 16.5. The lowest BCUT2D eigenvalue weighted by Crippen LogP contribution is -2.26. The number of nitrogens with one attached hydrogen (secondary N) is 1. The third-order valence-electron chi connectivity index (χ3n) is 4.40. The summed E-state index contributed by atoms with van der Waals surface area (Å²) in [4.78, 5) is 20.8. The summed E-state index contributed by atoms with van der Waals surface area (Å²) in [6.45, 7) is 7.29. The molecule has 1 atom stereocenters. The summed E-state index contributed by atoms with van der Waals surface area (Å²) in [5, 5.41) is 7.03. The third kappa shape index (κ3) is 5.34. The van der Waals surface area contributed by atoms with E-state index >= 15 is 0 Å². The van der Waals surface area contributed by atoms with Crippen LogP contribution in [0.4, 0.5) is 0 Å². The van der Waals surface area contributed by atoms with Crippen LogP contribution >= 0.6 is 0 Å². The van der Waals surface area contributed by atoms with Gasteiger partial charge in [0.1, 0.15) is 12.7 Å². The van der Waals surface area contributed by atoms with Gasteiger partial charge in [-0.1, -0.05) is 19.9 Å². The molecule has 0 saturated heterocycles. The normalized spacial score (nSPS) is 11.7. The molecular formula is C22H27N5O3. The Morgan fingerprint density at radius 1 is 1.10 bits per heavy atom. The Kier molecular flexibility index (Phi) is 7.37. The Labute approximate surface area is 176 Å². The van der Waals surface area contributed by atoms with Gasteiger partial charge < -0.3 is 14.8 Å². The van der Waals surface area contributed by atoms with Gasteiger partial charge in [-0.05, 0) is 49.6 Å². The van der Waals surface area contributed by atoms with E-state index in [9.17, 15) is 4.79 Å². The maximum absolute atomic E-state index is 12.6. The number of carbonyl (C=O) groups is 1. The first-order chi connectivity index (χ1) is 14.6. The maximum atomic E-state index is 12.6. The molecule has 8 nitrogen and oxygen atoms in total. The predicted octanol–water partition coefficient (Wildman–Crippen LogP) is 3.73. The third-order valence-corrected chi connectivity index (χ3v) is 4.40. The number of amides is 1. The van der Waals surface area contributed by atoms with Crippen LogP contribution in [0.2, 0.25) is 0 Å². The molecule has 0 fully saturated rings. The number of benzene rings is 1. The first-order valence-electron chi connectivity index (χ1n) is 10.1. The highest BCUT2D eigenvalue weighted by molar-refractivity contribution is 5.94. The van der Waals surface area contributed by atoms with Crippen LogP contribution in [0.3, 0.4) is 0 Å². The number of carbonyl (C=O) groups excluding carboxylic acids is 1. The number of hydrogen-bond acceptors (Lipinski definition) is 6. The number of aromatic nitrogens is 4. The zero-order valence-corrected chi connectivity index (χ0v) is 17.5. The molecule has 3 rings (SSSR count). The number of hydrogen-bond donors (Lipinski definition) is 1. The smallest absolute Gasteiger partial charge is 0.253 e. The van der Waals surface area contributed by atoms with E-state index in [4.69, 9.17) is 9.47 Å². The van der Waals surface area contributed by atoms with Gasteiger partial charge in [0.25, 0.3) is 5.91 Å². The Morgan fingerprint density at radius 3 is 2.50 bits per heavy atom. The Hall–Kier alpha value is -3.42. The first-order valence-corrected chi connectivity index (χ1v) is 10.1. The number of nitrogens with zero attached hydrogens (tertiary/aromatic N) is 4. The van der Waals surface area contributed by atoms with Crippen LogP contribution in [0.5, 0.6) is 11.5 Å². The van der Waals surface area contributed by atoms with Crippen molar-refractivity contribution in [1.82, 2.24) is 25.1 Å². The minimum absolute atomic E-state index is 0.206. The van der Waals surface area contributed by atoms with E-state index in [1.807, 2.05) is 25.1 Å². The van der Waals surface area contributed by atoms with Gasteiger partial charge in [-0.15, -0.1) is 0 Å². The van der Waals surface area contributed by atoms with E-state index < -0.39 is 0 Å². The molecular weight excluding hydrogens is 382 g/mol. The molecule has 0 aliphatic rings. The van der Waals surface area contributed by atoms with Gasteiger partial charge in [-0.25, -0.2) is 14.6 Å². The van der Waals surface area contributed by atoms with Crippen LogP contribution in [0.15, 0.2) is 49.2 Å². The van der Waals surface area contributed by atoms with Gasteiger partial charge >= 0.3 is 0 Å². The molecule has 0 spiro atoms. The molecule has 1 amide bonds. The van der Waals surface area contributed by atoms with Crippen molar-refractivity contribution in [2.75, 3.05) is 13.2 Å². The average molecular weight is 409 g/mol. The van der Waals surface area contributed by atoms with Gasteiger partial charge in [0, 0.05) is 6.20 Å². The molecule has 2 heterocycles. The van der Waals surface area contributed by atoms with E-state index in [1.54, 1.807) is 18.5 Å². The summed E-state index contributed by atoms with van der Waals surface area (Å²) in [6.07, 6.45) is 6.33. The Bertz CT molecular complexity index is 942. The van der Waals surface area contributed by atoms with Crippen LogP contribution in [0.1, 0.15) is 55.6 Å². The summed E-state index contributed by atoms with van der Waals surface area (Å²) >= 11 is 0. The van der Waals surface area contributed by atoms with E-state index in [2.05, 4.69) is 34.2 Å². The fraction of sp³-hybridized carbons (Fsp3) is 0.364. The van der Waals surface area contributed by atoms with E-state index in [0.717, 1.165) is 24.2 Å². The van der Waals surface area contributed by atoms with Crippen LogP contribution in [-0.4, -0.2) is 38.9 Å². The first kappa shape index (κ1) is 21.3. The fourth-order valence-electron chi connectivity index (χ4n) is 2.80. The van der Waals surface area contributed by atoms with Crippen molar-refractivity contribution >= 4 is 5.91 Å². The van der Waals surface area contributed by atoms with Crippen LogP contribution in [0.25, 0.3) is 5.82 Å². The molecule has 0 radical (unpaired) electrons. The van der Waals surface area contributed by atoms with Crippen LogP contribution in [0, 0.1) is 0 Å². The summed E-state index contributed by atoms with van der Waals surface area (Å²) in [7, 11) is 0. The highest BCUT2D eigenvalue weighted by Crippen LogP contribution is 2.31. The highest BCUT2D eigenvalue weighted by Gasteiger charge is 2.15. The fourth-order valence-corrected chi connectivity index (χ4v) is 2.80. The minimum atomic E-state index is -0.211. The lowest BCUT2D eigenvalue weighted by molar-refractivity contribution is 0.0939. The van der Waals surface area contributed by atoms with Crippen LogP contribution < -0.4 is 14.8 Å². The van der Waals surface area contributed by atoms with E-state index in [-0.39, 0.29) is 11.9 Å². The predicted molar refractivity (Wildman–Crippen MR) is 113 cm³/mol.